The lowest BCUT2D eigenvalue weighted by molar-refractivity contribution is 0.0378. The van der Waals surface area contributed by atoms with Gasteiger partial charge in [0.15, 0.2) is 0 Å². The Kier molecular flexibility index (Phi) is 5.50. The zero-order chi connectivity index (χ0) is 18.6. The average Bonchev–Trinajstić information content (AvgIpc) is 3.10. The molecule has 0 bridgehead atoms. The average molecular weight is 370 g/mol. The van der Waals surface area contributed by atoms with Crippen LogP contribution in [-0.4, -0.2) is 47.0 Å². The summed E-state index contributed by atoms with van der Waals surface area (Å²) in [5.41, 5.74) is 3.42. The number of hydrogen-bond donors (Lipinski definition) is 1. The summed E-state index contributed by atoms with van der Waals surface area (Å²) in [6.07, 6.45) is 4.98. The standard InChI is InChI=1S/C20H26N4O3/c1-14-3-2-4-17(22-14)20(25)21-11-18-19-16(7-10-27-18)13-24(23-19)12-15-5-8-26-9-6-15/h2-4,13,15,18H,5-12H2,1H3,(H,21,25)/t18-/m1/s1. The number of aromatic nitrogens is 3. The fourth-order valence-corrected chi connectivity index (χ4v) is 3.72. The number of amides is 1. The van der Waals surface area contributed by atoms with Gasteiger partial charge in [-0.05, 0) is 49.8 Å². The largest absolute Gasteiger partial charge is 0.381 e. The highest BCUT2D eigenvalue weighted by Gasteiger charge is 2.26. The lowest BCUT2D eigenvalue weighted by atomic mass is 10.0. The minimum atomic E-state index is -0.210. The van der Waals surface area contributed by atoms with E-state index in [2.05, 4.69) is 16.5 Å². The first-order valence-electron chi connectivity index (χ1n) is 9.66. The van der Waals surface area contributed by atoms with Gasteiger partial charge in [0.25, 0.3) is 5.91 Å². The molecule has 0 saturated carbocycles. The van der Waals surface area contributed by atoms with Crippen LogP contribution in [0.15, 0.2) is 24.4 Å². The Hall–Kier alpha value is -2.25. The number of pyridine rings is 1. The molecule has 1 amide bonds. The van der Waals surface area contributed by atoms with Crippen LogP contribution in [-0.2, 0) is 22.4 Å². The van der Waals surface area contributed by atoms with Crippen molar-refractivity contribution in [1.29, 1.82) is 0 Å². The van der Waals surface area contributed by atoms with Gasteiger partial charge in [0.05, 0.1) is 12.3 Å². The molecule has 4 rings (SSSR count). The van der Waals surface area contributed by atoms with Crippen LogP contribution < -0.4 is 5.32 Å². The Labute approximate surface area is 159 Å². The lowest BCUT2D eigenvalue weighted by Crippen LogP contribution is -2.32. The predicted molar refractivity (Wildman–Crippen MR) is 99.5 cm³/mol. The van der Waals surface area contributed by atoms with Crippen LogP contribution in [0.4, 0.5) is 0 Å². The second-order valence-electron chi connectivity index (χ2n) is 7.30. The molecule has 2 aliphatic rings. The molecule has 27 heavy (non-hydrogen) atoms. The van der Waals surface area contributed by atoms with Gasteiger partial charge in [-0.1, -0.05) is 6.07 Å². The first-order valence-corrected chi connectivity index (χ1v) is 9.66. The molecule has 4 heterocycles. The third-order valence-electron chi connectivity index (χ3n) is 5.22. The van der Waals surface area contributed by atoms with Gasteiger partial charge in [-0.2, -0.15) is 5.10 Å². The second kappa shape index (κ2) is 8.19. The van der Waals surface area contributed by atoms with Crippen molar-refractivity contribution in [2.45, 2.75) is 38.8 Å². The summed E-state index contributed by atoms with van der Waals surface area (Å²) in [6.45, 7) is 5.53. The van der Waals surface area contributed by atoms with Crippen molar-refractivity contribution in [3.05, 3.63) is 47.0 Å². The molecule has 1 atom stereocenters. The van der Waals surface area contributed by atoms with E-state index in [-0.39, 0.29) is 12.0 Å². The molecule has 2 aromatic heterocycles. The Morgan fingerprint density at radius 3 is 2.96 bits per heavy atom. The van der Waals surface area contributed by atoms with Gasteiger partial charge >= 0.3 is 0 Å². The summed E-state index contributed by atoms with van der Waals surface area (Å²) < 4.78 is 13.4. The summed E-state index contributed by atoms with van der Waals surface area (Å²) in [4.78, 5) is 16.6. The molecule has 0 unspecified atom stereocenters. The summed E-state index contributed by atoms with van der Waals surface area (Å²) in [7, 11) is 0. The van der Waals surface area contributed by atoms with Gasteiger partial charge in [0, 0.05) is 38.2 Å². The topological polar surface area (TPSA) is 78.3 Å². The highest BCUT2D eigenvalue weighted by atomic mass is 16.5. The van der Waals surface area contributed by atoms with Gasteiger partial charge in [0.2, 0.25) is 0 Å². The molecule has 7 nitrogen and oxygen atoms in total. The third kappa shape index (κ3) is 4.36. The molecule has 0 aromatic carbocycles. The summed E-state index contributed by atoms with van der Waals surface area (Å²) >= 11 is 0. The van der Waals surface area contributed by atoms with Crippen LogP contribution in [0, 0.1) is 12.8 Å². The van der Waals surface area contributed by atoms with E-state index >= 15 is 0 Å². The summed E-state index contributed by atoms with van der Waals surface area (Å²) in [5, 5.41) is 7.71. The van der Waals surface area contributed by atoms with E-state index in [1.54, 1.807) is 6.07 Å². The van der Waals surface area contributed by atoms with Gasteiger partial charge in [0.1, 0.15) is 11.8 Å². The number of nitrogens with one attached hydrogen (secondary N) is 1. The van der Waals surface area contributed by atoms with Gasteiger partial charge < -0.3 is 14.8 Å². The molecule has 1 N–H and O–H groups in total. The number of nitrogens with zero attached hydrogens (tertiary/aromatic N) is 3. The van der Waals surface area contributed by atoms with E-state index in [1.807, 2.05) is 23.7 Å². The molecule has 0 spiro atoms. The van der Waals surface area contributed by atoms with Crippen molar-refractivity contribution < 1.29 is 14.3 Å². The SMILES string of the molecule is Cc1cccc(C(=O)NC[C@H]2OCCc3cn(CC4CCOCC4)nc32)n1. The molecular weight excluding hydrogens is 344 g/mol. The Balaban J connectivity index is 1.39. The number of rotatable bonds is 5. The molecule has 2 aliphatic heterocycles. The number of hydrogen-bond acceptors (Lipinski definition) is 5. The Morgan fingerprint density at radius 2 is 2.15 bits per heavy atom. The molecule has 7 heteroatoms. The second-order valence-corrected chi connectivity index (χ2v) is 7.30. The number of carbonyl (C=O) groups is 1. The van der Waals surface area contributed by atoms with Crippen molar-refractivity contribution in [2.24, 2.45) is 5.92 Å². The zero-order valence-electron chi connectivity index (χ0n) is 15.7. The van der Waals surface area contributed by atoms with Crippen molar-refractivity contribution in [3.63, 3.8) is 0 Å². The van der Waals surface area contributed by atoms with Crippen molar-refractivity contribution in [2.75, 3.05) is 26.4 Å². The number of aryl methyl sites for hydroxylation is 1. The van der Waals surface area contributed by atoms with Crippen LogP contribution in [0.25, 0.3) is 0 Å². The summed E-state index contributed by atoms with van der Waals surface area (Å²) in [6, 6.07) is 5.43. The van der Waals surface area contributed by atoms with E-state index in [0.29, 0.717) is 24.8 Å². The van der Waals surface area contributed by atoms with Gasteiger partial charge in [-0.3, -0.25) is 9.48 Å². The smallest absolute Gasteiger partial charge is 0.269 e. The maximum Gasteiger partial charge on any atom is 0.269 e. The molecule has 1 saturated heterocycles. The number of carbonyl (C=O) groups excluding carboxylic acids is 1. The molecular formula is C20H26N4O3. The van der Waals surface area contributed by atoms with Crippen molar-refractivity contribution in [1.82, 2.24) is 20.1 Å². The molecule has 0 aliphatic carbocycles. The number of fused-ring (bicyclic) bond motifs is 1. The zero-order valence-corrected chi connectivity index (χ0v) is 15.7. The minimum Gasteiger partial charge on any atom is -0.381 e. The highest BCUT2D eigenvalue weighted by Crippen LogP contribution is 2.26. The molecule has 0 radical (unpaired) electrons. The fourth-order valence-electron chi connectivity index (χ4n) is 3.72. The first-order chi connectivity index (χ1) is 13.2. The summed E-state index contributed by atoms with van der Waals surface area (Å²) in [5.74, 6) is 0.433. The van der Waals surface area contributed by atoms with E-state index in [1.165, 1.54) is 5.56 Å². The third-order valence-corrected chi connectivity index (χ3v) is 5.22. The Bertz CT molecular complexity index is 798. The van der Waals surface area contributed by atoms with Gasteiger partial charge in [-0.15, -0.1) is 0 Å². The van der Waals surface area contributed by atoms with E-state index in [4.69, 9.17) is 14.6 Å². The van der Waals surface area contributed by atoms with E-state index < -0.39 is 0 Å². The quantitative estimate of drug-likeness (QED) is 0.872. The maximum absolute atomic E-state index is 12.4. The first kappa shape index (κ1) is 18.1. The normalized spacial score (nSPS) is 20.3. The Morgan fingerprint density at radius 1 is 1.30 bits per heavy atom. The highest BCUT2D eigenvalue weighted by molar-refractivity contribution is 5.92. The molecule has 144 valence electrons. The fraction of sp³-hybridized carbons (Fsp3) is 0.550. The van der Waals surface area contributed by atoms with Crippen LogP contribution in [0.5, 0.6) is 0 Å². The minimum absolute atomic E-state index is 0.184. The van der Waals surface area contributed by atoms with Gasteiger partial charge in [-0.25, -0.2) is 4.98 Å². The van der Waals surface area contributed by atoms with E-state index in [0.717, 1.165) is 50.4 Å². The molecule has 1 fully saturated rings. The van der Waals surface area contributed by atoms with Crippen molar-refractivity contribution in [3.8, 4) is 0 Å². The van der Waals surface area contributed by atoms with Crippen LogP contribution in [0.1, 0.15) is 46.4 Å². The van der Waals surface area contributed by atoms with Crippen molar-refractivity contribution >= 4 is 5.91 Å². The van der Waals surface area contributed by atoms with Crippen LogP contribution in [0.3, 0.4) is 0 Å². The lowest BCUT2D eigenvalue weighted by Gasteiger charge is -2.22. The van der Waals surface area contributed by atoms with E-state index in [9.17, 15) is 4.79 Å². The molecule has 2 aromatic rings. The number of ether oxygens (including phenoxy) is 2. The van der Waals surface area contributed by atoms with Crippen LogP contribution >= 0.6 is 0 Å². The monoisotopic (exact) mass is 370 g/mol. The predicted octanol–water partition coefficient (Wildman–Crippen LogP) is 2.06. The van der Waals surface area contributed by atoms with Crippen LogP contribution in [0.2, 0.25) is 0 Å². The maximum atomic E-state index is 12.4.